The van der Waals surface area contributed by atoms with Gasteiger partial charge in [-0.1, -0.05) is 54.1 Å². The molecule has 0 fully saturated rings. The first-order valence-electron chi connectivity index (χ1n) is 11.9. The number of carbonyl (C=O) groups excluding carboxylic acids is 1. The van der Waals surface area contributed by atoms with Gasteiger partial charge in [-0.15, -0.1) is 0 Å². The molecule has 2 heterocycles. The highest BCUT2D eigenvalue weighted by molar-refractivity contribution is 6.00. The number of nitrogens with one attached hydrogen (secondary N) is 1. The molecule has 0 saturated heterocycles. The molecule has 0 bridgehead atoms. The number of hydrogen-bond donors (Lipinski definition) is 1. The first-order chi connectivity index (χ1) is 17.1. The van der Waals surface area contributed by atoms with E-state index >= 15 is 0 Å². The number of amides is 1. The van der Waals surface area contributed by atoms with Crippen molar-refractivity contribution in [2.45, 2.75) is 26.3 Å². The normalized spacial score (nSPS) is 14.8. The molecule has 1 aliphatic rings. The standard InChI is InChI=1S/C29H29N3O3/c1-4-35-24-15-11-22(12-16-24)28-25-26(21-9-5-19(2)6-10-21)30-31-27(25)29(33)32(28)18-17-20-7-13-23(34-3)14-8-20/h5-16,28H,4,17-18H2,1-3H3,(H,30,31). The van der Waals surface area contributed by atoms with Gasteiger partial charge in [0.15, 0.2) is 0 Å². The van der Waals surface area contributed by atoms with Crippen LogP contribution in [0.15, 0.2) is 72.8 Å². The molecule has 6 heteroatoms. The molecule has 1 amide bonds. The van der Waals surface area contributed by atoms with E-state index in [0.29, 0.717) is 18.8 Å². The Morgan fingerprint density at radius 1 is 0.943 bits per heavy atom. The van der Waals surface area contributed by atoms with Crippen molar-refractivity contribution < 1.29 is 14.3 Å². The van der Waals surface area contributed by atoms with Gasteiger partial charge in [0, 0.05) is 17.7 Å². The third-order valence-corrected chi connectivity index (χ3v) is 6.50. The van der Waals surface area contributed by atoms with Crippen molar-refractivity contribution in [3.8, 4) is 22.8 Å². The van der Waals surface area contributed by atoms with E-state index in [-0.39, 0.29) is 11.9 Å². The van der Waals surface area contributed by atoms with Gasteiger partial charge in [0.05, 0.1) is 25.5 Å². The number of aryl methyl sites for hydroxylation is 1. The van der Waals surface area contributed by atoms with E-state index in [1.807, 2.05) is 60.4 Å². The number of rotatable bonds is 8. The number of aromatic nitrogens is 2. The summed E-state index contributed by atoms with van der Waals surface area (Å²) in [6.45, 7) is 5.22. The van der Waals surface area contributed by atoms with Crippen molar-refractivity contribution in [3.63, 3.8) is 0 Å². The van der Waals surface area contributed by atoms with Crippen LogP contribution in [0, 0.1) is 6.92 Å². The lowest BCUT2D eigenvalue weighted by atomic mass is 9.95. The predicted octanol–water partition coefficient (Wildman–Crippen LogP) is 5.58. The summed E-state index contributed by atoms with van der Waals surface area (Å²) in [5.74, 6) is 1.61. The zero-order valence-corrected chi connectivity index (χ0v) is 20.2. The maximum Gasteiger partial charge on any atom is 0.273 e. The second kappa shape index (κ2) is 9.66. The first kappa shape index (κ1) is 22.7. The van der Waals surface area contributed by atoms with Crippen molar-refractivity contribution in [1.29, 1.82) is 0 Å². The molecule has 1 N–H and O–H groups in total. The Balaban J connectivity index is 1.52. The second-order valence-corrected chi connectivity index (χ2v) is 8.73. The molecule has 1 unspecified atom stereocenters. The van der Waals surface area contributed by atoms with E-state index < -0.39 is 0 Å². The van der Waals surface area contributed by atoms with Crippen LogP contribution in [0.3, 0.4) is 0 Å². The minimum absolute atomic E-state index is 0.0294. The average molecular weight is 468 g/mol. The zero-order chi connectivity index (χ0) is 24.4. The lowest BCUT2D eigenvalue weighted by molar-refractivity contribution is 0.0746. The fourth-order valence-electron chi connectivity index (χ4n) is 4.66. The number of hydrogen-bond acceptors (Lipinski definition) is 4. The van der Waals surface area contributed by atoms with Gasteiger partial charge in [0.25, 0.3) is 5.91 Å². The first-order valence-corrected chi connectivity index (χ1v) is 11.9. The molecule has 0 spiro atoms. The van der Waals surface area contributed by atoms with Crippen LogP contribution < -0.4 is 9.47 Å². The molecule has 1 aliphatic heterocycles. The van der Waals surface area contributed by atoms with Gasteiger partial charge in [-0.25, -0.2) is 0 Å². The number of ether oxygens (including phenoxy) is 2. The molecule has 0 aliphatic carbocycles. The van der Waals surface area contributed by atoms with Crippen LogP contribution in [-0.2, 0) is 6.42 Å². The van der Waals surface area contributed by atoms with Gasteiger partial charge in [-0.3, -0.25) is 9.89 Å². The molecule has 0 radical (unpaired) electrons. The van der Waals surface area contributed by atoms with Crippen molar-refractivity contribution in [3.05, 3.63) is 101 Å². The Morgan fingerprint density at radius 2 is 1.63 bits per heavy atom. The molecule has 178 valence electrons. The van der Waals surface area contributed by atoms with Crippen molar-refractivity contribution in [2.24, 2.45) is 0 Å². The smallest absolute Gasteiger partial charge is 0.273 e. The van der Waals surface area contributed by atoms with E-state index in [2.05, 4.69) is 41.4 Å². The molecule has 6 nitrogen and oxygen atoms in total. The van der Waals surface area contributed by atoms with Crippen LogP contribution in [0.4, 0.5) is 0 Å². The van der Waals surface area contributed by atoms with Gasteiger partial charge in [0.1, 0.15) is 17.2 Å². The third-order valence-electron chi connectivity index (χ3n) is 6.50. The fraction of sp³-hybridized carbons (Fsp3) is 0.241. The van der Waals surface area contributed by atoms with Gasteiger partial charge >= 0.3 is 0 Å². The summed E-state index contributed by atoms with van der Waals surface area (Å²) < 4.78 is 10.9. The largest absolute Gasteiger partial charge is 0.497 e. The maximum atomic E-state index is 13.6. The van der Waals surface area contributed by atoms with E-state index in [9.17, 15) is 4.79 Å². The van der Waals surface area contributed by atoms with Crippen LogP contribution in [0.1, 0.15) is 45.7 Å². The number of nitrogens with zero attached hydrogens (tertiary/aromatic N) is 2. The summed E-state index contributed by atoms with van der Waals surface area (Å²) in [6, 6.07) is 24.0. The summed E-state index contributed by atoms with van der Waals surface area (Å²) >= 11 is 0. The minimum atomic E-state index is -0.235. The topological polar surface area (TPSA) is 67.5 Å². The van der Waals surface area contributed by atoms with Gasteiger partial charge in [-0.2, -0.15) is 5.10 Å². The average Bonchev–Trinajstić information content (AvgIpc) is 3.43. The molecule has 4 aromatic rings. The van der Waals surface area contributed by atoms with Gasteiger partial charge < -0.3 is 14.4 Å². The molecule has 1 aromatic heterocycles. The van der Waals surface area contributed by atoms with E-state index in [1.165, 1.54) is 5.56 Å². The Hall–Kier alpha value is -4.06. The number of methoxy groups -OCH3 is 1. The number of H-pyrrole nitrogens is 1. The van der Waals surface area contributed by atoms with E-state index in [0.717, 1.165) is 45.9 Å². The third kappa shape index (κ3) is 4.39. The number of benzene rings is 3. The highest BCUT2D eigenvalue weighted by Gasteiger charge is 2.41. The maximum absolute atomic E-state index is 13.6. The molecule has 1 atom stereocenters. The van der Waals surface area contributed by atoms with Crippen LogP contribution in [-0.4, -0.2) is 41.3 Å². The SMILES string of the molecule is CCOc1ccc(C2c3c(-c4ccc(C)cc4)n[nH]c3C(=O)N2CCc2ccc(OC)cc2)cc1. The molecule has 3 aromatic carbocycles. The summed E-state index contributed by atoms with van der Waals surface area (Å²) in [6.07, 6.45) is 0.737. The van der Waals surface area contributed by atoms with E-state index in [1.54, 1.807) is 7.11 Å². The van der Waals surface area contributed by atoms with Crippen LogP contribution in [0.5, 0.6) is 11.5 Å². The number of aromatic amines is 1. The predicted molar refractivity (Wildman–Crippen MR) is 136 cm³/mol. The second-order valence-electron chi connectivity index (χ2n) is 8.73. The zero-order valence-electron chi connectivity index (χ0n) is 20.2. The number of carbonyl (C=O) groups is 1. The number of fused-ring (bicyclic) bond motifs is 1. The van der Waals surface area contributed by atoms with E-state index in [4.69, 9.17) is 9.47 Å². The van der Waals surface area contributed by atoms with Crippen molar-refractivity contribution in [2.75, 3.05) is 20.3 Å². The summed E-state index contributed by atoms with van der Waals surface area (Å²) in [5.41, 5.74) is 6.67. The quantitative estimate of drug-likeness (QED) is 0.367. The van der Waals surface area contributed by atoms with Crippen molar-refractivity contribution in [1.82, 2.24) is 15.1 Å². The lowest BCUT2D eigenvalue weighted by Crippen LogP contribution is -2.31. The highest BCUT2D eigenvalue weighted by atomic mass is 16.5. The summed E-state index contributed by atoms with van der Waals surface area (Å²) in [4.78, 5) is 15.5. The van der Waals surface area contributed by atoms with Crippen LogP contribution >= 0.6 is 0 Å². The van der Waals surface area contributed by atoms with Gasteiger partial charge in [-0.05, 0) is 55.7 Å². The fourth-order valence-corrected chi connectivity index (χ4v) is 4.66. The monoisotopic (exact) mass is 467 g/mol. The Morgan fingerprint density at radius 3 is 2.29 bits per heavy atom. The van der Waals surface area contributed by atoms with Crippen LogP contribution in [0.25, 0.3) is 11.3 Å². The molecular weight excluding hydrogens is 438 g/mol. The molecule has 35 heavy (non-hydrogen) atoms. The Labute approximate surface area is 205 Å². The summed E-state index contributed by atoms with van der Waals surface area (Å²) in [5, 5.41) is 7.61. The van der Waals surface area contributed by atoms with Crippen LogP contribution in [0.2, 0.25) is 0 Å². The molecule has 0 saturated carbocycles. The minimum Gasteiger partial charge on any atom is -0.497 e. The molecule has 5 rings (SSSR count). The van der Waals surface area contributed by atoms with Crippen molar-refractivity contribution >= 4 is 5.91 Å². The highest BCUT2D eigenvalue weighted by Crippen LogP contribution is 2.43. The molecular formula is C29H29N3O3. The Kier molecular flexibility index (Phi) is 6.27. The van der Waals surface area contributed by atoms with Gasteiger partial charge in [0.2, 0.25) is 0 Å². The Bertz CT molecular complexity index is 1310. The summed E-state index contributed by atoms with van der Waals surface area (Å²) in [7, 11) is 1.66. The lowest BCUT2D eigenvalue weighted by Gasteiger charge is -2.26.